The summed E-state index contributed by atoms with van der Waals surface area (Å²) in [6.45, 7) is -0.0832. The Labute approximate surface area is 137 Å². The molecule has 0 spiro atoms. The number of halogens is 4. The van der Waals surface area contributed by atoms with Gasteiger partial charge in [-0.2, -0.15) is 13.2 Å². The number of amides is 1. The van der Waals surface area contributed by atoms with Gasteiger partial charge in [-0.15, -0.1) is 0 Å². The second-order valence-electron chi connectivity index (χ2n) is 6.42. The Morgan fingerprint density at radius 1 is 1.21 bits per heavy atom. The minimum Gasteiger partial charge on any atom is -0.469 e. The Hall–Kier alpha value is -1.38. The first-order valence-electron chi connectivity index (χ1n) is 8.05. The lowest BCUT2D eigenvalue weighted by molar-refractivity contribution is -0.189. The minimum atomic E-state index is -4.97. The fourth-order valence-electron chi connectivity index (χ4n) is 3.50. The average molecular weight is 354 g/mol. The molecule has 0 bridgehead atoms. The summed E-state index contributed by atoms with van der Waals surface area (Å²) in [7, 11) is 1.27. The molecule has 0 radical (unpaired) electrons. The molecule has 2 atom stereocenters. The molecule has 9 heteroatoms. The van der Waals surface area contributed by atoms with Crippen LogP contribution in [0.3, 0.4) is 0 Å². The molecule has 2 fully saturated rings. The van der Waals surface area contributed by atoms with E-state index >= 15 is 0 Å². The van der Waals surface area contributed by atoms with Gasteiger partial charge < -0.3 is 15.0 Å². The summed E-state index contributed by atoms with van der Waals surface area (Å²) in [4.78, 5) is 24.1. The Bertz CT molecular complexity index is 464. The van der Waals surface area contributed by atoms with Crippen molar-refractivity contribution in [3.8, 4) is 0 Å². The number of carbonyl (C=O) groups excluding carboxylic acids is 2. The number of nitrogens with zero attached hydrogens (tertiary/aromatic N) is 1. The zero-order chi connectivity index (χ0) is 17.9. The van der Waals surface area contributed by atoms with Crippen LogP contribution < -0.4 is 5.32 Å². The quantitative estimate of drug-likeness (QED) is 0.618. The van der Waals surface area contributed by atoms with Crippen LogP contribution in [0.15, 0.2) is 0 Å². The van der Waals surface area contributed by atoms with Crippen LogP contribution in [0.5, 0.6) is 0 Å². The first-order valence-corrected chi connectivity index (χ1v) is 8.05. The molecule has 24 heavy (non-hydrogen) atoms. The van der Waals surface area contributed by atoms with Gasteiger partial charge in [0.25, 0.3) is 0 Å². The second kappa shape index (κ2) is 7.67. The summed E-state index contributed by atoms with van der Waals surface area (Å²) in [6, 6.07) is -1.08. The van der Waals surface area contributed by atoms with E-state index in [9.17, 15) is 27.2 Å². The molecule has 1 aliphatic carbocycles. The van der Waals surface area contributed by atoms with E-state index in [1.165, 1.54) is 7.11 Å². The number of rotatable bonds is 4. The largest absolute Gasteiger partial charge is 0.471 e. The Morgan fingerprint density at radius 3 is 2.29 bits per heavy atom. The Balaban J connectivity index is 2.03. The molecular formula is C15H22F4N2O3. The third-order valence-corrected chi connectivity index (χ3v) is 4.76. The van der Waals surface area contributed by atoms with Crippen molar-refractivity contribution in [2.75, 3.05) is 20.2 Å². The summed E-state index contributed by atoms with van der Waals surface area (Å²) in [5.74, 6) is -2.61. The Kier molecular flexibility index (Phi) is 6.06. The number of hydrogen-bond acceptors (Lipinski definition) is 4. The van der Waals surface area contributed by atoms with Crippen LogP contribution in [0, 0.1) is 5.92 Å². The first kappa shape index (κ1) is 19.0. The molecule has 0 aromatic heterocycles. The summed E-state index contributed by atoms with van der Waals surface area (Å²) in [6.07, 6.45) is -4.62. The number of alkyl halides is 4. The van der Waals surface area contributed by atoms with E-state index in [1.807, 2.05) is 0 Å². The van der Waals surface area contributed by atoms with Crippen molar-refractivity contribution in [1.29, 1.82) is 0 Å². The number of carbonyl (C=O) groups is 2. The standard InChI is InChI=1S/C15H22F4N2O3/c1-24-13(22)9-2-4-12(5-3-9)21(14(23)15(17,18)19)8-11-6-10(16)7-20-11/h9-12,20H,2-8H2,1H3/t9?,10-,11-,12?/m0/s1. The predicted octanol–water partition coefficient (Wildman–Crippen LogP) is 1.81. The highest BCUT2D eigenvalue weighted by molar-refractivity contribution is 5.82. The number of esters is 1. The summed E-state index contributed by atoms with van der Waals surface area (Å²) < 4.78 is 56.6. The van der Waals surface area contributed by atoms with Crippen LogP contribution in [0.4, 0.5) is 17.6 Å². The Morgan fingerprint density at radius 2 is 1.83 bits per heavy atom. The highest BCUT2D eigenvalue weighted by Gasteiger charge is 2.46. The molecule has 1 saturated carbocycles. The van der Waals surface area contributed by atoms with Gasteiger partial charge in [0.1, 0.15) is 6.17 Å². The lowest BCUT2D eigenvalue weighted by Gasteiger charge is -2.37. The van der Waals surface area contributed by atoms with Crippen molar-refractivity contribution in [2.24, 2.45) is 5.92 Å². The SMILES string of the molecule is COC(=O)C1CCC(N(C[C@@H]2C[C@H](F)CN2)C(=O)C(F)(F)F)CC1. The van der Waals surface area contributed by atoms with Gasteiger partial charge in [-0.05, 0) is 32.1 Å². The second-order valence-corrected chi connectivity index (χ2v) is 6.42. The number of hydrogen-bond donors (Lipinski definition) is 1. The lowest BCUT2D eigenvalue weighted by atomic mass is 9.85. The zero-order valence-corrected chi connectivity index (χ0v) is 13.4. The zero-order valence-electron chi connectivity index (χ0n) is 13.4. The van der Waals surface area contributed by atoms with Crippen LogP contribution in [0.2, 0.25) is 0 Å². The van der Waals surface area contributed by atoms with Crippen molar-refractivity contribution in [3.05, 3.63) is 0 Å². The molecule has 0 unspecified atom stereocenters. The molecule has 0 aromatic carbocycles. The molecule has 1 heterocycles. The molecule has 138 valence electrons. The molecule has 5 nitrogen and oxygen atoms in total. The monoisotopic (exact) mass is 354 g/mol. The van der Waals surface area contributed by atoms with Crippen molar-refractivity contribution in [2.45, 2.75) is 56.5 Å². The van der Waals surface area contributed by atoms with Crippen LogP contribution >= 0.6 is 0 Å². The van der Waals surface area contributed by atoms with Crippen molar-refractivity contribution in [3.63, 3.8) is 0 Å². The number of nitrogens with one attached hydrogen (secondary N) is 1. The highest BCUT2D eigenvalue weighted by atomic mass is 19.4. The summed E-state index contributed by atoms with van der Waals surface area (Å²) in [5, 5.41) is 2.81. The normalized spacial score (nSPS) is 30.9. The molecule has 2 aliphatic rings. The van der Waals surface area contributed by atoms with Gasteiger partial charge in [-0.3, -0.25) is 9.59 Å². The van der Waals surface area contributed by atoms with Gasteiger partial charge in [-0.25, -0.2) is 4.39 Å². The summed E-state index contributed by atoms with van der Waals surface area (Å²) in [5.41, 5.74) is 0. The molecule has 1 N–H and O–H groups in total. The van der Waals surface area contributed by atoms with E-state index in [0.717, 1.165) is 4.90 Å². The van der Waals surface area contributed by atoms with Gasteiger partial charge in [0.15, 0.2) is 0 Å². The molecular weight excluding hydrogens is 332 g/mol. The average Bonchev–Trinajstić information content (AvgIpc) is 2.95. The smallest absolute Gasteiger partial charge is 0.469 e. The van der Waals surface area contributed by atoms with Crippen molar-refractivity contribution >= 4 is 11.9 Å². The fourth-order valence-corrected chi connectivity index (χ4v) is 3.50. The topological polar surface area (TPSA) is 58.6 Å². The van der Waals surface area contributed by atoms with E-state index in [2.05, 4.69) is 10.1 Å². The van der Waals surface area contributed by atoms with Gasteiger partial charge in [0.05, 0.1) is 13.0 Å². The third-order valence-electron chi connectivity index (χ3n) is 4.76. The van der Waals surface area contributed by atoms with Gasteiger partial charge in [0.2, 0.25) is 0 Å². The van der Waals surface area contributed by atoms with E-state index in [4.69, 9.17) is 0 Å². The molecule has 1 aliphatic heterocycles. The number of ether oxygens (including phenoxy) is 1. The van der Waals surface area contributed by atoms with Gasteiger partial charge in [0, 0.05) is 25.2 Å². The lowest BCUT2D eigenvalue weighted by Crippen LogP contribution is -2.52. The van der Waals surface area contributed by atoms with E-state index in [-0.39, 0.29) is 31.4 Å². The van der Waals surface area contributed by atoms with Crippen LogP contribution in [-0.4, -0.2) is 61.4 Å². The summed E-state index contributed by atoms with van der Waals surface area (Å²) >= 11 is 0. The van der Waals surface area contributed by atoms with Crippen molar-refractivity contribution < 1.29 is 31.9 Å². The minimum absolute atomic E-state index is 0.0911. The van der Waals surface area contributed by atoms with Gasteiger partial charge >= 0.3 is 18.1 Å². The van der Waals surface area contributed by atoms with E-state index in [0.29, 0.717) is 25.7 Å². The van der Waals surface area contributed by atoms with E-state index in [1.54, 1.807) is 0 Å². The maximum atomic E-state index is 13.2. The van der Waals surface area contributed by atoms with Crippen LogP contribution in [-0.2, 0) is 14.3 Å². The van der Waals surface area contributed by atoms with E-state index < -0.39 is 30.3 Å². The molecule has 1 amide bonds. The fraction of sp³-hybridized carbons (Fsp3) is 0.867. The third kappa shape index (κ3) is 4.58. The maximum Gasteiger partial charge on any atom is 0.471 e. The first-order chi connectivity index (χ1) is 11.2. The molecule has 1 saturated heterocycles. The predicted molar refractivity (Wildman–Crippen MR) is 76.8 cm³/mol. The maximum absolute atomic E-state index is 13.2. The van der Waals surface area contributed by atoms with Gasteiger partial charge in [-0.1, -0.05) is 0 Å². The van der Waals surface area contributed by atoms with Crippen molar-refractivity contribution in [1.82, 2.24) is 10.2 Å². The molecule has 0 aromatic rings. The van der Waals surface area contributed by atoms with Crippen LogP contribution in [0.1, 0.15) is 32.1 Å². The molecule has 2 rings (SSSR count). The number of methoxy groups -OCH3 is 1. The highest BCUT2D eigenvalue weighted by Crippen LogP contribution is 2.31. The van der Waals surface area contributed by atoms with Crippen LogP contribution in [0.25, 0.3) is 0 Å².